The first-order valence-corrected chi connectivity index (χ1v) is 9.17. The number of hydrogen-bond acceptors (Lipinski definition) is 0. The first kappa shape index (κ1) is 16.1. The van der Waals surface area contributed by atoms with Crippen molar-refractivity contribution in [1.82, 2.24) is 0 Å². The molecule has 5 rings (SSSR count). The van der Waals surface area contributed by atoms with Gasteiger partial charge in [-0.2, -0.15) is 0 Å². The highest BCUT2D eigenvalue weighted by Gasteiger charge is 2.39. The molecule has 0 spiro atoms. The molecule has 1 nitrogen and oxygen atoms in total. The summed E-state index contributed by atoms with van der Waals surface area (Å²) in [7, 11) is 0. The lowest BCUT2D eigenvalue weighted by Crippen LogP contribution is -2.41. The number of benzene rings is 2. The molecular weight excluding hydrogens is 333 g/mol. The molecule has 1 aromatic heterocycles. The van der Waals surface area contributed by atoms with Crippen molar-refractivity contribution in [2.45, 2.75) is 19.3 Å². The maximum Gasteiger partial charge on any atom is 0.164 e. The maximum absolute atomic E-state index is 14.9. The third-order valence-corrected chi connectivity index (χ3v) is 5.82. The molecule has 3 aromatic rings. The highest BCUT2D eigenvalue weighted by molar-refractivity contribution is 5.81. The number of hydrogen-bond donors (Lipinski definition) is 0. The van der Waals surface area contributed by atoms with Gasteiger partial charge in [0.05, 0.1) is 0 Å². The fourth-order valence-electron chi connectivity index (χ4n) is 4.61. The molecule has 27 heavy (non-hydrogen) atoms. The summed E-state index contributed by atoms with van der Waals surface area (Å²) in [5, 5.41) is 1.18. The van der Waals surface area contributed by atoms with Crippen molar-refractivity contribution in [2.24, 2.45) is 0 Å². The molecule has 2 aromatic carbocycles. The molecule has 0 bridgehead atoms. The van der Waals surface area contributed by atoms with Gasteiger partial charge in [-0.1, -0.05) is 67.1 Å². The summed E-state index contributed by atoms with van der Waals surface area (Å²) in [4.78, 5) is 0. The van der Waals surface area contributed by atoms with E-state index in [2.05, 4.69) is 57.1 Å². The van der Waals surface area contributed by atoms with E-state index in [4.69, 9.17) is 0 Å². The van der Waals surface area contributed by atoms with E-state index in [-0.39, 0.29) is 5.82 Å². The summed E-state index contributed by atoms with van der Waals surface area (Å²) < 4.78 is 16.8. The van der Waals surface area contributed by atoms with Gasteiger partial charge < -0.3 is 0 Å². The number of fused-ring (bicyclic) bond motifs is 2. The minimum absolute atomic E-state index is 0.160. The van der Waals surface area contributed by atoms with Gasteiger partial charge in [0, 0.05) is 11.1 Å². The molecule has 0 unspecified atom stereocenters. The van der Waals surface area contributed by atoms with Crippen LogP contribution < -0.4 is 9.46 Å². The summed E-state index contributed by atoms with van der Waals surface area (Å²) in [6, 6.07) is 15.7. The van der Waals surface area contributed by atoms with Crippen LogP contribution in [0.2, 0.25) is 0 Å². The van der Waals surface area contributed by atoms with Crippen LogP contribution in [-0.4, -0.2) is 0 Å². The zero-order valence-electron chi connectivity index (χ0n) is 15.5. The highest BCUT2D eigenvalue weighted by Crippen LogP contribution is 2.49. The van der Waals surface area contributed by atoms with E-state index in [1.54, 1.807) is 12.1 Å². The van der Waals surface area contributed by atoms with Crippen LogP contribution in [-0.2, 0) is 5.41 Å². The van der Waals surface area contributed by atoms with E-state index < -0.39 is 5.41 Å². The highest BCUT2D eigenvalue weighted by atomic mass is 19.1. The molecule has 0 atom stereocenters. The first-order chi connectivity index (χ1) is 13.0. The zero-order valence-corrected chi connectivity index (χ0v) is 15.5. The molecule has 0 fully saturated rings. The Morgan fingerprint density at radius 1 is 1.00 bits per heavy atom. The molecule has 2 aliphatic rings. The number of pyridine rings is 1. The van der Waals surface area contributed by atoms with Crippen molar-refractivity contribution in [3.05, 3.63) is 102 Å². The Morgan fingerprint density at radius 2 is 1.78 bits per heavy atom. The average Bonchev–Trinajstić information content (AvgIpc) is 2.66. The van der Waals surface area contributed by atoms with Crippen molar-refractivity contribution in [2.75, 3.05) is 0 Å². The van der Waals surface area contributed by atoms with Gasteiger partial charge in [0.15, 0.2) is 6.20 Å². The predicted molar refractivity (Wildman–Crippen MR) is 107 cm³/mol. The minimum Gasteiger partial charge on any atom is -0.214 e. The normalized spacial score (nSPS) is 15.7. The van der Waals surface area contributed by atoms with Gasteiger partial charge in [0.25, 0.3) is 0 Å². The summed E-state index contributed by atoms with van der Waals surface area (Å²) in [5.41, 5.74) is 5.69. The molecular formula is C25H20FN. The van der Waals surface area contributed by atoms with Gasteiger partial charge in [-0.25, -0.2) is 8.63 Å². The molecule has 2 heteroatoms. The molecule has 0 saturated heterocycles. The van der Waals surface area contributed by atoms with Crippen LogP contribution in [0.5, 0.6) is 0 Å². The van der Waals surface area contributed by atoms with Crippen molar-refractivity contribution in [3.8, 4) is 22.4 Å². The van der Waals surface area contributed by atoms with Gasteiger partial charge in [0.2, 0.25) is 0 Å². The van der Waals surface area contributed by atoms with Crippen molar-refractivity contribution in [1.29, 1.82) is 0 Å². The molecule has 0 N–H and O–H groups in total. The Bertz CT molecular complexity index is 1220. The zero-order chi connectivity index (χ0) is 18.8. The molecule has 1 heterocycles. The monoisotopic (exact) mass is 353 g/mol. The van der Waals surface area contributed by atoms with Crippen LogP contribution in [0.4, 0.5) is 4.39 Å². The largest absolute Gasteiger partial charge is 0.214 e. The second-order valence-electron chi connectivity index (χ2n) is 7.74. The average molecular weight is 353 g/mol. The second kappa shape index (κ2) is 5.43. The van der Waals surface area contributed by atoms with Crippen molar-refractivity contribution in [3.63, 3.8) is 0 Å². The van der Waals surface area contributed by atoms with Crippen LogP contribution in [0.1, 0.15) is 25.0 Å². The third kappa shape index (κ3) is 2.10. The van der Waals surface area contributed by atoms with Crippen LogP contribution in [0, 0.1) is 18.5 Å². The van der Waals surface area contributed by atoms with E-state index in [9.17, 15) is 4.39 Å². The number of rotatable bonds is 1. The Balaban J connectivity index is 1.96. The van der Waals surface area contributed by atoms with Gasteiger partial charge in [-0.3, -0.25) is 0 Å². The lowest BCUT2D eigenvalue weighted by molar-refractivity contribution is -0.485. The van der Waals surface area contributed by atoms with E-state index in [0.29, 0.717) is 0 Å². The first-order valence-electron chi connectivity index (χ1n) is 9.17. The number of allylic oxidation sites excluding steroid dienone is 2. The number of nitrogens with zero attached hydrogens (tertiary/aromatic N) is 1. The van der Waals surface area contributed by atoms with Crippen molar-refractivity contribution < 1.29 is 8.63 Å². The third-order valence-electron chi connectivity index (χ3n) is 5.82. The number of aromatic nitrogens is 1. The maximum atomic E-state index is 14.9. The van der Waals surface area contributed by atoms with E-state index in [1.807, 2.05) is 28.5 Å². The van der Waals surface area contributed by atoms with Crippen molar-refractivity contribution >= 4 is 6.08 Å². The standard InChI is InChI=1S/C25H20FN/c1-25(2)20-13-7-11-17-19(16-9-5-4-6-10-16)15-27(3)24(22(17)20)18-12-8-14-21(26)23(18)25/h4-15H,3H2,1-2H3. The molecule has 0 saturated carbocycles. The van der Waals surface area contributed by atoms with E-state index in [0.717, 1.165) is 39.4 Å². The minimum atomic E-state index is -0.421. The van der Waals surface area contributed by atoms with Gasteiger partial charge in [-0.15, -0.1) is 24.1 Å². The Kier molecular flexibility index (Phi) is 3.23. The van der Waals surface area contributed by atoms with Crippen LogP contribution in [0.15, 0.2) is 66.9 Å². The SMILES string of the molecule is C=[n+]1cc(-c2ccccc2)c2c3c1-c1cccc(F)c1C(C)(C)[C-]3C=CC=2. The molecule has 0 radical (unpaired) electrons. The topological polar surface area (TPSA) is 5.90 Å². The van der Waals surface area contributed by atoms with E-state index >= 15 is 0 Å². The summed E-state index contributed by atoms with van der Waals surface area (Å²) in [5.74, 6) is 0.982. The second-order valence-corrected chi connectivity index (χ2v) is 7.74. The molecule has 0 aliphatic heterocycles. The summed E-state index contributed by atoms with van der Waals surface area (Å²) in [6.07, 6.45) is 8.42. The Hall–Kier alpha value is -3.13. The van der Waals surface area contributed by atoms with Crippen LogP contribution >= 0.6 is 0 Å². The smallest absolute Gasteiger partial charge is 0.164 e. The molecule has 132 valence electrons. The quantitative estimate of drug-likeness (QED) is 0.444. The fraction of sp³-hybridized carbons (Fsp3) is 0.120. The van der Waals surface area contributed by atoms with Gasteiger partial charge >= 0.3 is 0 Å². The summed E-state index contributed by atoms with van der Waals surface area (Å²) >= 11 is 0. The van der Waals surface area contributed by atoms with Gasteiger partial charge in [0.1, 0.15) is 18.2 Å². The molecule has 2 aliphatic carbocycles. The summed E-state index contributed by atoms with van der Waals surface area (Å²) in [6.45, 7) is 8.49. The lowest BCUT2D eigenvalue weighted by Gasteiger charge is -2.45. The predicted octanol–water partition coefficient (Wildman–Crippen LogP) is 4.65. The lowest BCUT2D eigenvalue weighted by atomic mass is 9.62. The Morgan fingerprint density at radius 3 is 2.56 bits per heavy atom. The van der Waals surface area contributed by atoms with Crippen LogP contribution in [0.25, 0.3) is 28.5 Å². The van der Waals surface area contributed by atoms with Crippen LogP contribution in [0.3, 0.4) is 0 Å². The van der Waals surface area contributed by atoms with E-state index in [1.165, 1.54) is 5.22 Å². The Labute approximate surface area is 158 Å². The molecule has 0 amide bonds. The van der Waals surface area contributed by atoms with Gasteiger partial charge in [-0.05, 0) is 22.6 Å². The number of halogens is 1. The fourth-order valence-corrected chi connectivity index (χ4v) is 4.61.